The Kier molecular flexibility index (Phi) is 4.48. The first kappa shape index (κ1) is 15.0. The van der Waals surface area contributed by atoms with Gasteiger partial charge in [-0.2, -0.15) is 0 Å². The summed E-state index contributed by atoms with van der Waals surface area (Å²) in [5, 5.41) is 8.89. The Labute approximate surface area is 121 Å². The molecule has 0 radical (unpaired) electrons. The van der Waals surface area contributed by atoms with Crippen LogP contribution in [0, 0.1) is 0 Å². The Balaban J connectivity index is 2.06. The van der Waals surface area contributed by atoms with Crippen molar-refractivity contribution in [2.75, 3.05) is 6.54 Å². The van der Waals surface area contributed by atoms with E-state index < -0.39 is 5.97 Å². The van der Waals surface area contributed by atoms with Crippen LogP contribution in [0.25, 0.3) is 0 Å². The Morgan fingerprint density at radius 3 is 2.60 bits per heavy atom. The van der Waals surface area contributed by atoms with Crippen molar-refractivity contribution in [2.45, 2.75) is 58.0 Å². The highest BCUT2D eigenvalue weighted by molar-refractivity contribution is 5.66. The molecule has 0 aromatic heterocycles. The number of hydrogen-bond acceptors (Lipinski definition) is 2. The van der Waals surface area contributed by atoms with E-state index in [1.807, 2.05) is 0 Å². The summed E-state index contributed by atoms with van der Waals surface area (Å²) in [5.41, 5.74) is 2.70. The number of carbonyl (C=O) groups is 1. The molecule has 1 N–H and O–H groups in total. The summed E-state index contributed by atoms with van der Waals surface area (Å²) in [7, 11) is 0. The second-order valence-electron chi connectivity index (χ2n) is 6.76. The van der Waals surface area contributed by atoms with Gasteiger partial charge in [0.25, 0.3) is 0 Å². The smallest absolute Gasteiger partial charge is 0.304 e. The summed E-state index contributed by atoms with van der Waals surface area (Å²) in [5.74, 6) is 0.0306. The van der Waals surface area contributed by atoms with Gasteiger partial charge in [-0.15, -0.1) is 0 Å². The highest BCUT2D eigenvalue weighted by atomic mass is 16.4. The molecule has 0 aliphatic heterocycles. The second-order valence-corrected chi connectivity index (χ2v) is 6.76. The van der Waals surface area contributed by atoms with E-state index in [2.05, 4.69) is 49.9 Å². The fourth-order valence-electron chi connectivity index (χ4n) is 2.46. The van der Waals surface area contributed by atoms with Gasteiger partial charge in [-0.1, -0.05) is 24.3 Å². The molecule has 0 heterocycles. The highest BCUT2D eigenvalue weighted by Crippen LogP contribution is 2.40. The Morgan fingerprint density at radius 1 is 1.35 bits per heavy atom. The lowest BCUT2D eigenvalue weighted by Crippen LogP contribution is -2.42. The molecule has 0 amide bonds. The van der Waals surface area contributed by atoms with E-state index in [-0.39, 0.29) is 12.0 Å². The van der Waals surface area contributed by atoms with Crippen molar-refractivity contribution in [3.63, 3.8) is 0 Å². The molecule has 3 nitrogen and oxygen atoms in total. The first-order valence-electron chi connectivity index (χ1n) is 7.42. The fourth-order valence-corrected chi connectivity index (χ4v) is 2.46. The van der Waals surface area contributed by atoms with E-state index in [1.165, 1.54) is 24.0 Å². The number of nitrogens with zero attached hydrogens (tertiary/aromatic N) is 1. The number of carboxylic acid groups (broad SMARTS) is 1. The monoisotopic (exact) mass is 275 g/mol. The summed E-state index contributed by atoms with van der Waals surface area (Å²) in [6.45, 7) is 7.82. The maximum absolute atomic E-state index is 10.8. The molecular weight excluding hydrogens is 250 g/mol. The van der Waals surface area contributed by atoms with Gasteiger partial charge in [0.1, 0.15) is 0 Å². The molecule has 0 spiro atoms. The summed E-state index contributed by atoms with van der Waals surface area (Å²) in [6, 6.07) is 8.77. The SMILES string of the molecule is CC(C)(C)N(CCC(=O)O)Cc1cccc(C2CC2)c1. The third kappa shape index (κ3) is 4.34. The molecule has 1 aliphatic rings. The molecule has 1 aromatic carbocycles. The van der Waals surface area contributed by atoms with Crippen LogP contribution in [0.15, 0.2) is 24.3 Å². The zero-order valence-electron chi connectivity index (χ0n) is 12.7. The third-order valence-electron chi connectivity index (χ3n) is 3.92. The maximum Gasteiger partial charge on any atom is 0.304 e. The molecule has 0 unspecified atom stereocenters. The first-order chi connectivity index (χ1) is 9.36. The Morgan fingerprint density at radius 2 is 2.05 bits per heavy atom. The molecule has 0 atom stereocenters. The summed E-state index contributed by atoms with van der Waals surface area (Å²) < 4.78 is 0. The van der Waals surface area contributed by atoms with E-state index in [0.29, 0.717) is 6.54 Å². The summed E-state index contributed by atoms with van der Waals surface area (Å²) >= 11 is 0. The van der Waals surface area contributed by atoms with Crippen molar-refractivity contribution in [1.29, 1.82) is 0 Å². The van der Waals surface area contributed by atoms with Gasteiger partial charge in [-0.25, -0.2) is 0 Å². The number of hydrogen-bond donors (Lipinski definition) is 1. The zero-order valence-corrected chi connectivity index (χ0v) is 12.7. The Hall–Kier alpha value is -1.35. The molecule has 1 fully saturated rings. The van der Waals surface area contributed by atoms with Crippen LogP contribution in [0.1, 0.15) is 57.1 Å². The van der Waals surface area contributed by atoms with Crippen LogP contribution in [-0.4, -0.2) is 28.1 Å². The van der Waals surface area contributed by atoms with Gasteiger partial charge in [0.15, 0.2) is 0 Å². The van der Waals surface area contributed by atoms with Crippen LogP contribution in [0.4, 0.5) is 0 Å². The fraction of sp³-hybridized carbons (Fsp3) is 0.588. The lowest BCUT2D eigenvalue weighted by Gasteiger charge is -2.35. The minimum atomic E-state index is -0.731. The molecule has 0 saturated heterocycles. The average Bonchev–Trinajstić information content (AvgIpc) is 3.17. The van der Waals surface area contributed by atoms with E-state index in [4.69, 9.17) is 5.11 Å². The van der Waals surface area contributed by atoms with Crippen LogP contribution in [0.2, 0.25) is 0 Å². The number of carboxylic acids is 1. The standard InChI is InChI=1S/C17H25NO2/c1-17(2,3)18(10-9-16(19)20)12-13-5-4-6-15(11-13)14-7-8-14/h4-6,11,14H,7-10,12H2,1-3H3,(H,19,20). The van der Waals surface area contributed by atoms with E-state index in [0.717, 1.165) is 12.5 Å². The molecule has 1 saturated carbocycles. The molecule has 2 rings (SSSR count). The molecule has 0 bridgehead atoms. The van der Waals surface area contributed by atoms with E-state index in [1.54, 1.807) is 0 Å². The van der Waals surface area contributed by atoms with Crippen LogP contribution in [-0.2, 0) is 11.3 Å². The number of benzene rings is 1. The largest absolute Gasteiger partial charge is 0.481 e. The number of rotatable bonds is 6. The number of aliphatic carboxylic acids is 1. The lowest BCUT2D eigenvalue weighted by atomic mass is 10.0. The summed E-state index contributed by atoms with van der Waals surface area (Å²) in [4.78, 5) is 13.1. The van der Waals surface area contributed by atoms with Crippen LogP contribution in [0.3, 0.4) is 0 Å². The molecule has 1 aromatic rings. The topological polar surface area (TPSA) is 40.5 Å². The molecule has 1 aliphatic carbocycles. The van der Waals surface area contributed by atoms with Crippen molar-refractivity contribution in [3.8, 4) is 0 Å². The minimum absolute atomic E-state index is 0.0228. The van der Waals surface area contributed by atoms with E-state index in [9.17, 15) is 4.79 Å². The predicted molar refractivity (Wildman–Crippen MR) is 80.8 cm³/mol. The van der Waals surface area contributed by atoms with Crippen molar-refractivity contribution in [1.82, 2.24) is 4.90 Å². The average molecular weight is 275 g/mol. The minimum Gasteiger partial charge on any atom is -0.481 e. The molecule has 3 heteroatoms. The normalized spacial score (nSPS) is 15.6. The van der Waals surface area contributed by atoms with Gasteiger partial charge < -0.3 is 5.11 Å². The van der Waals surface area contributed by atoms with Crippen LogP contribution in [0.5, 0.6) is 0 Å². The van der Waals surface area contributed by atoms with Crippen molar-refractivity contribution < 1.29 is 9.90 Å². The Bertz CT molecular complexity index is 472. The van der Waals surface area contributed by atoms with E-state index >= 15 is 0 Å². The quantitative estimate of drug-likeness (QED) is 0.861. The van der Waals surface area contributed by atoms with Gasteiger partial charge in [0.2, 0.25) is 0 Å². The van der Waals surface area contributed by atoms with Gasteiger partial charge in [-0.3, -0.25) is 9.69 Å². The van der Waals surface area contributed by atoms with Gasteiger partial charge in [-0.05, 0) is 50.7 Å². The van der Waals surface area contributed by atoms with Crippen molar-refractivity contribution in [2.24, 2.45) is 0 Å². The van der Waals surface area contributed by atoms with Gasteiger partial charge in [0, 0.05) is 18.6 Å². The lowest BCUT2D eigenvalue weighted by molar-refractivity contribution is -0.137. The van der Waals surface area contributed by atoms with Gasteiger partial charge >= 0.3 is 5.97 Å². The van der Waals surface area contributed by atoms with Crippen molar-refractivity contribution >= 4 is 5.97 Å². The first-order valence-corrected chi connectivity index (χ1v) is 7.42. The molecule has 110 valence electrons. The second kappa shape index (κ2) is 5.96. The summed E-state index contributed by atoms with van der Waals surface area (Å²) in [6.07, 6.45) is 2.82. The third-order valence-corrected chi connectivity index (χ3v) is 3.92. The van der Waals surface area contributed by atoms with Crippen LogP contribution < -0.4 is 0 Å². The zero-order chi connectivity index (χ0) is 14.8. The maximum atomic E-state index is 10.8. The predicted octanol–water partition coefficient (Wildman–Crippen LogP) is 3.64. The van der Waals surface area contributed by atoms with Crippen LogP contribution >= 0.6 is 0 Å². The molecular formula is C17H25NO2. The van der Waals surface area contributed by atoms with Gasteiger partial charge in [0.05, 0.1) is 6.42 Å². The molecule has 20 heavy (non-hydrogen) atoms. The van der Waals surface area contributed by atoms with Crippen molar-refractivity contribution in [3.05, 3.63) is 35.4 Å². The highest BCUT2D eigenvalue weighted by Gasteiger charge is 2.25.